The van der Waals surface area contributed by atoms with Gasteiger partial charge in [-0.05, 0) is 30.9 Å². The number of aliphatic hydroxyl groups excluding tert-OH is 1. The molecule has 4 nitrogen and oxygen atoms in total. The zero-order valence-corrected chi connectivity index (χ0v) is 12.0. The van der Waals surface area contributed by atoms with Crippen LogP contribution in [0.3, 0.4) is 0 Å². The van der Waals surface area contributed by atoms with Crippen molar-refractivity contribution in [3.63, 3.8) is 0 Å². The van der Waals surface area contributed by atoms with Gasteiger partial charge in [0.05, 0.1) is 0 Å². The molecule has 0 spiro atoms. The van der Waals surface area contributed by atoms with E-state index < -0.39 is 10.0 Å². The lowest BCUT2D eigenvalue weighted by atomic mass is 9.90. The topological polar surface area (TPSA) is 66.4 Å². The number of aliphatic hydroxyl groups is 1. The second kappa shape index (κ2) is 5.48. The van der Waals surface area contributed by atoms with Gasteiger partial charge in [0.2, 0.25) is 10.0 Å². The van der Waals surface area contributed by atoms with Crippen molar-refractivity contribution in [2.75, 3.05) is 13.2 Å². The van der Waals surface area contributed by atoms with Gasteiger partial charge in [-0.2, -0.15) is 0 Å². The molecule has 0 unspecified atom stereocenters. The number of nitrogens with one attached hydrogen (secondary N) is 1. The minimum Gasteiger partial charge on any atom is -0.396 e. The van der Waals surface area contributed by atoms with Crippen LogP contribution in [0.15, 0.2) is 16.3 Å². The summed E-state index contributed by atoms with van der Waals surface area (Å²) < 4.78 is 26.8. The van der Waals surface area contributed by atoms with E-state index in [2.05, 4.69) is 4.72 Å². The van der Waals surface area contributed by atoms with Crippen molar-refractivity contribution in [3.05, 3.63) is 17.0 Å². The van der Waals surface area contributed by atoms with Gasteiger partial charge in [0.15, 0.2) is 0 Å². The molecule has 6 heteroatoms. The van der Waals surface area contributed by atoms with E-state index in [4.69, 9.17) is 5.11 Å². The third kappa shape index (κ3) is 4.39. The molecule has 1 aromatic heterocycles. The van der Waals surface area contributed by atoms with Crippen molar-refractivity contribution < 1.29 is 13.5 Å². The summed E-state index contributed by atoms with van der Waals surface area (Å²) in [6.07, 6.45) is 0.568. The molecular weight excluding hydrogens is 258 g/mol. The lowest BCUT2D eigenvalue weighted by Crippen LogP contribution is -2.34. The minimum absolute atomic E-state index is 0.0623. The average molecular weight is 277 g/mol. The fraction of sp³-hybridized carbons (Fsp3) is 0.636. The van der Waals surface area contributed by atoms with Crippen LogP contribution < -0.4 is 4.72 Å². The molecule has 2 N–H and O–H groups in total. The highest BCUT2D eigenvalue weighted by Crippen LogP contribution is 2.23. The molecule has 0 fully saturated rings. The second-order valence-corrected chi connectivity index (χ2v) is 8.11. The van der Waals surface area contributed by atoms with E-state index in [1.165, 1.54) is 11.3 Å². The van der Waals surface area contributed by atoms with Crippen molar-refractivity contribution in [1.82, 2.24) is 4.72 Å². The largest absolute Gasteiger partial charge is 0.396 e. The molecule has 0 aliphatic rings. The summed E-state index contributed by atoms with van der Waals surface area (Å²) >= 11 is 1.26. The Balaban J connectivity index is 2.69. The van der Waals surface area contributed by atoms with E-state index in [0.717, 1.165) is 4.88 Å². The maximum absolute atomic E-state index is 11.9. The fourth-order valence-corrected chi connectivity index (χ4v) is 3.88. The van der Waals surface area contributed by atoms with E-state index in [0.29, 0.717) is 17.2 Å². The molecule has 0 bridgehead atoms. The fourth-order valence-electron chi connectivity index (χ4n) is 1.31. The Morgan fingerprint density at radius 3 is 2.53 bits per heavy atom. The van der Waals surface area contributed by atoms with Crippen LogP contribution in [0.5, 0.6) is 0 Å². The summed E-state index contributed by atoms with van der Waals surface area (Å²) in [6.45, 7) is 6.11. The first-order valence-corrected chi connectivity index (χ1v) is 7.74. The Hall–Kier alpha value is -0.430. The SMILES string of the molecule is Cc1ccc(S(=O)(=O)NCC(C)(C)CCO)s1. The first-order valence-electron chi connectivity index (χ1n) is 5.44. The van der Waals surface area contributed by atoms with Crippen molar-refractivity contribution in [3.8, 4) is 0 Å². The molecule has 98 valence electrons. The quantitative estimate of drug-likeness (QED) is 0.832. The molecule has 0 saturated carbocycles. The summed E-state index contributed by atoms with van der Waals surface area (Å²) in [5.74, 6) is 0. The Labute approximate surface area is 107 Å². The molecule has 1 rings (SSSR count). The Bertz CT molecular complexity index is 463. The van der Waals surface area contributed by atoms with Crippen LogP contribution in [-0.4, -0.2) is 26.7 Å². The van der Waals surface area contributed by atoms with E-state index in [9.17, 15) is 8.42 Å². The van der Waals surface area contributed by atoms with Gasteiger partial charge in [-0.25, -0.2) is 13.1 Å². The molecule has 0 aliphatic carbocycles. The molecule has 0 saturated heterocycles. The number of rotatable bonds is 6. The summed E-state index contributed by atoms with van der Waals surface area (Å²) in [5.41, 5.74) is -0.242. The first kappa shape index (κ1) is 14.6. The molecule has 0 amide bonds. The zero-order chi connectivity index (χ0) is 13.1. The van der Waals surface area contributed by atoms with Crippen LogP contribution in [0.25, 0.3) is 0 Å². The summed E-state index contributed by atoms with van der Waals surface area (Å²) in [5, 5.41) is 8.88. The van der Waals surface area contributed by atoms with Gasteiger partial charge < -0.3 is 5.11 Å². The van der Waals surface area contributed by atoms with Gasteiger partial charge in [0.1, 0.15) is 4.21 Å². The zero-order valence-electron chi connectivity index (χ0n) is 10.4. The lowest BCUT2D eigenvalue weighted by Gasteiger charge is -2.23. The van der Waals surface area contributed by atoms with Gasteiger partial charge in [0, 0.05) is 18.0 Å². The number of thiophene rings is 1. The van der Waals surface area contributed by atoms with E-state index in [1.54, 1.807) is 12.1 Å². The van der Waals surface area contributed by atoms with E-state index in [-0.39, 0.29) is 12.0 Å². The molecule has 0 aromatic carbocycles. The van der Waals surface area contributed by atoms with E-state index >= 15 is 0 Å². The van der Waals surface area contributed by atoms with Gasteiger partial charge in [-0.3, -0.25) is 0 Å². The average Bonchev–Trinajstić information content (AvgIpc) is 2.63. The van der Waals surface area contributed by atoms with E-state index in [1.807, 2.05) is 20.8 Å². The van der Waals surface area contributed by atoms with Crippen LogP contribution in [0, 0.1) is 12.3 Å². The first-order chi connectivity index (χ1) is 7.77. The molecule has 17 heavy (non-hydrogen) atoms. The maximum Gasteiger partial charge on any atom is 0.250 e. The normalized spacial score (nSPS) is 12.9. The van der Waals surface area contributed by atoms with Crippen LogP contribution in [0.4, 0.5) is 0 Å². The van der Waals surface area contributed by atoms with Crippen molar-refractivity contribution in [2.45, 2.75) is 31.4 Å². The van der Waals surface area contributed by atoms with Crippen molar-refractivity contribution in [1.29, 1.82) is 0 Å². The Morgan fingerprint density at radius 1 is 1.41 bits per heavy atom. The van der Waals surface area contributed by atoms with Gasteiger partial charge in [-0.1, -0.05) is 13.8 Å². The lowest BCUT2D eigenvalue weighted by molar-refractivity contribution is 0.213. The minimum atomic E-state index is -3.40. The predicted molar refractivity (Wildman–Crippen MR) is 69.7 cm³/mol. The predicted octanol–water partition coefficient (Wildman–Crippen LogP) is 1.74. The molecule has 0 atom stereocenters. The molecular formula is C11H19NO3S2. The summed E-state index contributed by atoms with van der Waals surface area (Å²) in [7, 11) is -3.40. The Morgan fingerprint density at radius 2 is 2.06 bits per heavy atom. The second-order valence-electron chi connectivity index (χ2n) is 4.83. The highest BCUT2D eigenvalue weighted by molar-refractivity contribution is 7.91. The van der Waals surface area contributed by atoms with Crippen molar-refractivity contribution >= 4 is 21.4 Å². The van der Waals surface area contributed by atoms with Crippen LogP contribution in [-0.2, 0) is 10.0 Å². The number of aryl methyl sites for hydroxylation is 1. The monoisotopic (exact) mass is 277 g/mol. The number of hydrogen-bond donors (Lipinski definition) is 2. The van der Waals surface area contributed by atoms with Crippen molar-refractivity contribution in [2.24, 2.45) is 5.41 Å². The third-order valence-electron chi connectivity index (χ3n) is 2.51. The van der Waals surface area contributed by atoms with Gasteiger partial charge >= 0.3 is 0 Å². The van der Waals surface area contributed by atoms with Crippen LogP contribution in [0.2, 0.25) is 0 Å². The number of sulfonamides is 1. The Kier molecular flexibility index (Phi) is 4.71. The summed E-state index contributed by atoms with van der Waals surface area (Å²) in [6, 6.07) is 3.40. The van der Waals surface area contributed by atoms with Gasteiger partial charge in [0.25, 0.3) is 0 Å². The molecule has 0 radical (unpaired) electrons. The third-order valence-corrected chi connectivity index (χ3v) is 5.40. The van der Waals surface area contributed by atoms with Crippen LogP contribution in [0.1, 0.15) is 25.1 Å². The molecule has 1 aromatic rings. The molecule has 0 aliphatic heterocycles. The van der Waals surface area contributed by atoms with Gasteiger partial charge in [-0.15, -0.1) is 11.3 Å². The molecule has 1 heterocycles. The summed E-state index contributed by atoms with van der Waals surface area (Å²) in [4.78, 5) is 0.972. The smallest absolute Gasteiger partial charge is 0.250 e. The highest BCUT2D eigenvalue weighted by atomic mass is 32.2. The number of hydrogen-bond acceptors (Lipinski definition) is 4. The van der Waals surface area contributed by atoms with Crippen LogP contribution >= 0.6 is 11.3 Å². The highest BCUT2D eigenvalue weighted by Gasteiger charge is 2.22. The standard InChI is InChI=1S/C11H19NO3S2/c1-9-4-5-10(16-9)17(14,15)12-8-11(2,3)6-7-13/h4-5,12-13H,6-8H2,1-3H3. The maximum atomic E-state index is 11.9.